The molecule has 0 aromatic carbocycles. The fourth-order valence-corrected chi connectivity index (χ4v) is 2.12. The summed E-state index contributed by atoms with van der Waals surface area (Å²) in [6, 6.07) is 0. The maximum atomic E-state index is 11.8. The summed E-state index contributed by atoms with van der Waals surface area (Å²) in [5, 5.41) is 8.83. The van der Waals surface area contributed by atoms with Gasteiger partial charge in [0.15, 0.2) is 5.13 Å². The number of amides is 2. The van der Waals surface area contributed by atoms with Crippen LogP contribution in [-0.4, -0.2) is 36.9 Å². The van der Waals surface area contributed by atoms with Crippen molar-refractivity contribution in [1.29, 1.82) is 0 Å². The molecule has 0 aliphatic carbocycles. The maximum Gasteiger partial charge on any atom is 0.265 e. The van der Waals surface area contributed by atoms with Crippen LogP contribution >= 0.6 is 11.3 Å². The van der Waals surface area contributed by atoms with E-state index in [0.29, 0.717) is 10.0 Å². The van der Waals surface area contributed by atoms with Gasteiger partial charge in [0.05, 0.1) is 0 Å². The van der Waals surface area contributed by atoms with Gasteiger partial charge in [0.25, 0.3) is 5.91 Å². The highest BCUT2D eigenvalue weighted by Crippen LogP contribution is 2.24. The van der Waals surface area contributed by atoms with Gasteiger partial charge in [-0.2, -0.15) is 0 Å². The van der Waals surface area contributed by atoms with Crippen molar-refractivity contribution >= 4 is 34.1 Å². The molecule has 7 nitrogen and oxygen atoms in total. The molecule has 0 bridgehead atoms. The maximum absolute atomic E-state index is 11.8. The molecule has 106 valence electrons. The fourth-order valence-electron chi connectivity index (χ4n) is 1.30. The van der Waals surface area contributed by atoms with Gasteiger partial charge in [0.2, 0.25) is 5.91 Å². The minimum Gasteiger partial charge on any atom is -0.382 e. The predicted molar refractivity (Wildman–Crippen MR) is 76.3 cm³/mol. The minimum atomic E-state index is -0.302. The van der Waals surface area contributed by atoms with Crippen LogP contribution in [0.15, 0.2) is 0 Å². The molecule has 19 heavy (non-hydrogen) atoms. The molecule has 5 N–H and O–H groups in total. The third-order valence-corrected chi connectivity index (χ3v) is 3.33. The lowest BCUT2D eigenvalue weighted by molar-refractivity contribution is -0.120. The van der Waals surface area contributed by atoms with E-state index in [1.807, 2.05) is 6.92 Å². The fraction of sp³-hybridized carbons (Fsp3) is 0.545. The molecular formula is C11H19N5O2S. The first-order valence-electron chi connectivity index (χ1n) is 6.07. The second-order valence-electron chi connectivity index (χ2n) is 3.84. The Morgan fingerprint density at radius 1 is 1.37 bits per heavy atom. The highest BCUT2D eigenvalue weighted by molar-refractivity contribution is 7.18. The van der Waals surface area contributed by atoms with Gasteiger partial charge in [-0.15, -0.1) is 0 Å². The predicted octanol–water partition coefficient (Wildman–Crippen LogP) is 0.413. The Hall–Kier alpha value is -1.83. The summed E-state index contributed by atoms with van der Waals surface area (Å²) >= 11 is 1.21. The minimum absolute atomic E-state index is 0.122. The van der Waals surface area contributed by atoms with Crippen molar-refractivity contribution in [3.8, 4) is 0 Å². The highest BCUT2D eigenvalue weighted by Gasteiger charge is 2.15. The lowest BCUT2D eigenvalue weighted by atomic mass is 10.4. The van der Waals surface area contributed by atoms with E-state index in [1.165, 1.54) is 11.3 Å². The van der Waals surface area contributed by atoms with E-state index >= 15 is 0 Å². The van der Waals surface area contributed by atoms with Crippen molar-refractivity contribution in [2.24, 2.45) is 0 Å². The molecule has 0 fully saturated rings. The number of nitrogens with two attached hydrogens (primary N) is 1. The second-order valence-corrected chi connectivity index (χ2v) is 4.84. The largest absolute Gasteiger partial charge is 0.382 e. The van der Waals surface area contributed by atoms with Gasteiger partial charge in [0, 0.05) is 26.6 Å². The Morgan fingerprint density at radius 3 is 2.74 bits per heavy atom. The molecule has 0 aliphatic rings. The van der Waals surface area contributed by atoms with Crippen molar-refractivity contribution in [2.75, 3.05) is 31.2 Å². The number of hydrogen-bond acceptors (Lipinski definition) is 6. The molecule has 0 unspecified atom stereocenters. The average molecular weight is 285 g/mol. The Balaban J connectivity index is 2.52. The van der Waals surface area contributed by atoms with Gasteiger partial charge in [-0.3, -0.25) is 9.59 Å². The molecule has 0 saturated heterocycles. The van der Waals surface area contributed by atoms with Crippen LogP contribution in [0.4, 0.5) is 10.9 Å². The Labute approximate surface area is 116 Å². The normalized spacial score (nSPS) is 10.0. The lowest BCUT2D eigenvalue weighted by Crippen LogP contribution is -2.29. The van der Waals surface area contributed by atoms with Crippen LogP contribution < -0.4 is 21.7 Å². The molecule has 0 atom stereocenters. The van der Waals surface area contributed by atoms with Crippen molar-refractivity contribution in [3.05, 3.63) is 4.88 Å². The standard InChI is InChI=1S/C11H19N5O2S/c1-3-5-15-11-16-9(12)8(19-11)10(18)14-6-4-7(17)13-2/h3-6,12H2,1-2H3,(H,13,17)(H,14,18)(H,15,16). The lowest BCUT2D eigenvalue weighted by Gasteiger charge is -2.02. The first kappa shape index (κ1) is 15.2. The molecule has 0 saturated carbocycles. The topological polar surface area (TPSA) is 109 Å². The van der Waals surface area contributed by atoms with E-state index in [1.54, 1.807) is 7.05 Å². The van der Waals surface area contributed by atoms with Gasteiger partial charge in [-0.05, 0) is 6.42 Å². The van der Waals surface area contributed by atoms with Crippen molar-refractivity contribution < 1.29 is 9.59 Å². The number of nitrogens with one attached hydrogen (secondary N) is 3. The zero-order valence-corrected chi connectivity index (χ0v) is 11.9. The molecule has 2 amide bonds. The van der Waals surface area contributed by atoms with Gasteiger partial charge in [0.1, 0.15) is 10.7 Å². The third-order valence-electron chi connectivity index (χ3n) is 2.30. The third kappa shape index (κ3) is 4.74. The number of thiazole rings is 1. The second kappa shape index (κ2) is 7.57. The summed E-state index contributed by atoms with van der Waals surface area (Å²) in [4.78, 5) is 27.3. The van der Waals surface area contributed by atoms with Gasteiger partial charge in [-0.1, -0.05) is 18.3 Å². The molecule has 0 spiro atoms. The van der Waals surface area contributed by atoms with Gasteiger partial charge < -0.3 is 21.7 Å². The number of hydrogen-bond donors (Lipinski definition) is 4. The van der Waals surface area contributed by atoms with Crippen molar-refractivity contribution in [2.45, 2.75) is 19.8 Å². The van der Waals surface area contributed by atoms with E-state index in [9.17, 15) is 9.59 Å². The molecule has 8 heteroatoms. The van der Waals surface area contributed by atoms with Crippen LogP contribution in [0.1, 0.15) is 29.4 Å². The number of aromatic nitrogens is 1. The zero-order chi connectivity index (χ0) is 14.3. The summed E-state index contributed by atoms with van der Waals surface area (Å²) in [5.74, 6) is -0.215. The number of carbonyl (C=O) groups is 2. The number of nitrogen functional groups attached to an aromatic ring is 1. The molecule has 1 aromatic rings. The Morgan fingerprint density at radius 2 is 2.11 bits per heavy atom. The average Bonchev–Trinajstić information content (AvgIpc) is 2.77. The SMILES string of the molecule is CCCNc1nc(N)c(C(=O)NCCC(=O)NC)s1. The van der Waals surface area contributed by atoms with E-state index < -0.39 is 0 Å². The zero-order valence-electron chi connectivity index (χ0n) is 11.1. The number of anilines is 2. The Bertz CT molecular complexity index is 446. The monoisotopic (exact) mass is 285 g/mol. The van der Waals surface area contributed by atoms with Crippen LogP contribution in [0.3, 0.4) is 0 Å². The van der Waals surface area contributed by atoms with Gasteiger partial charge in [-0.25, -0.2) is 4.98 Å². The highest BCUT2D eigenvalue weighted by atomic mass is 32.1. The summed E-state index contributed by atoms with van der Waals surface area (Å²) in [5.41, 5.74) is 5.69. The van der Waals surface area contributed by atoms with Crippen LogP contribution in [0, 0.1) is 0 Å². The molecule has 0 radical (unpaired) electrons. The number of carbonyl (C=O) groups excluding carboxylic acids is 2. The van der Waals surface area contributed by atoms with E-state index in [0.717, 1.165) is 13.0 Å². The van der Waals surface area contributed by atoms with Crippen molar-refractivity contribution in [3.63, 3.8) is 0 Å². The number of rotatable bonds is 7. The summed E-state index contributed by atoms with van der Waals surface area (Å²) < 4.78 is 0. The van der Waals surface area contributed by atoms with E-state index in [4.69, 9.17) is 5.73 Å². The van der Waals surface area contributed by atoms with E-state index in [-0.39, 0.29) is 30.6 Å². The van der Waals surface area contributed by atoms with Crippen LogP contribution in [0.2, 0.25) is 0 Å². The number of nitrogens with zero attached hydrogens (tertiary/aromatic N) is 1. The summed E-state index contributed by atoms with van der Waals surface area (Å²) in [6.45, 7) is 3.09. The van der Waals surface area contributed by atoms with Gasteiger partial charge >= 0.3 is 0 Å². The van der Waals surface area contributed by atoms with Crippen LogP contribution in [0.5, 0.6) is 0 Å². The molecule has 1 rings (SSSR count). The summed E-state index contributed by atoms with van der Waals surface area (Å²) in [6.07, 6.45) is 1.20. The summed E-state index contributed by atoms with van der Waals surface area (Å²) in [7, 11) is 1.55. The smallest absolute Gasteiger partial charge is 0.265 e. The molecular weight excluding hydrogens is 266 g/mol. The van der Waals surface area contributed by atoms with E-state index in [2.05, 4.69) is 20.9 Å². The molecule has 1 aromatic heterocycles. The Kier molecular flexibility index (Phi) is 6.07. The first-order valence-corrected chi connectivity index (χ1v) is 6.89. The van der Waals surface area contributed by atoms with Crippen LogP contribution in [-0.2, 0) is 4.79 Å². The quantitative estimate of drug-likeness (QED) is 0.580. The first-order chi connectivity index (χ1) is 9.08. The van der Waals surface area contributed by atoms with Crippen molar-refractivity contribution in [1.82, 2.24) is 15.6 Å². The molecule has 1 heterocycles. The van der Waals surface area contributed by atoms with Crippen LogP contribution in [0.25, 0.3) is 0 Å². The molecule has 0 aliphatic heterocycles.